The van der Waals surface area contributed by atoms with Crippen molar-refractivity contribution in [3.8, 4) is 0 Å². The summed E-state index contributed by atoms with van der Waals surface area (Å²) in [5.74, 6) is -0.361. The Kier molecular flexibility index (Phi) is 4.47. The van der Waals surface area contributed by atoms with Crippen LogP contribution in [0.1, 0.15) is 54.3 Å². The van der Waals surface area contributed by atoms with Gasteiger partial charge in [-0.2, -0.15) is 0 Å². The van der Waals surface area contributed by atoms with Crippen molar-refractivity contribution in [2.75, 3.05) is 0 Å². The molecule has 1 aromatic heterocycles. The van der Waals surface area contributed by atoms with Crippen molar-refractivity contribution in [3.63, 3.8) is 0 Å². The summed E-state index contributed by atoms with van der Waals surface area (Å²) in [5, 5.41) is 11.9. The molecule has 2 rings (SSSR count). The smallest absolute Gasteiger partial charge is 0.311 e. The van der Waals surface area contributed by atoms with Gasteiger partial charge in [0, 0.05) is 11.6 Å². The van der Waals surface area contributed by atoms with Crippen molar-refractivity contribution in [2.45, 2.75) is 52.0 Å². The van der Waals surface area contributed by atoms with Crippen LogP contribution >= 0.6 is 0 Å². The maximum Gasteiger partial charge on any atom is 0.311 e. The molecule has 0 saturated heterocycles. The number of hydrogen-bond acceptors (Lipinski definition) is 3. The average molecular weight is 279 g/mol. The zero-order valence-corrected chi connectivity index (χ0v) is 11.9. The summed E-state index contributed by atoms with van der Waals surface area (Å²) < 4.78 is 5.20. The molecule has 1 aromatic rings. The van der Waals surface area contributed by atoms with E-state index >= 15 is 0 Å². The van der Waals surface area contributed by atoms with Crippen LogP contribution in [0.25, 0.3) is 0 Å². The maximum absolute atomic E-state index is 12.3. The molecule has 5 nitrogen and oxygen atoms in total. The monoisotopic (exact) mass is 279 g/mol. The van der Waals surface area contributed by atoms with E-state index in [0.29, 0.717) is 17.0 Å². The molecule has 1 fully saturated rings. The summed E-state index contributed by atoms with van der Waals surface area (Å²) in [5.41, 5.74) is 1.06. The third kappa shape index (κ3) is 3.40. The highest BCUT2D eigenvalue weighted by Crippen LogP contribution is 2.24. The summed E-state index contributed by atoms with van der Waals surface area (Å²) >= 11 is 0. The zero-order chi connectivity index (χ0) is 14.7. The fraction of sp³-hybridized carbons (Fsp3) is 0.600. The second-order valence-electron chi connectivity index (χ2n) is 5.73. The normalized spacial score (nSPS) is 22.5. The molecule has 2 atom stereocenters. The number of nitrogens with one attached hydrogen (secondary N) is 1. The molecular weight excluding hydrogens is 258 g/mol. The molecule has 0 aliphatic heterocycles. The van der Waals surface area contributed by atoms with Crippen molar-refractivity contribution in [1.82, 2.24) is 5.32 Å². The minimum absolute atomic E-state index is 0.179. The maximum atomic E-state index is 12.3. The molecule has 0 spiro atoms. The Morgan fingerprint density at radius 2 is 2.20 bits per heavy atom. The number of carboxylic acids is 1. The predicted molar refractivity (Wildman–Crippen MR) is 73.7 cm³/mol. The zero-order valence-electron chi connectivity index (χ0n) is 11.9. The fourth-order valence-corrected chi connectivity index (χ4v) is 2.89. The standard InChI is InChI=1S/C15H21NO4/c1-9-4-3-5-11(6-9)16-15(19)14-10(2)8-20-12(14)7-13(17)18/h8-9,11H,3-7H2,1-2H3,(H,16,19)(H,17,18). The van der Waals surface area contributed by atoms with Gasteiger partial charge in [0.05, 0.1) is 11.8 Å². The van der Waals surface area contributed by atoms with Crippen molar-refractivity contribution < 1.29 is 19.1 Å². The van der Waals surface area contributed by atoms with Crippen LogP contribution in [0.15, 0.2) is 10.7 Å². The first-order valence-corrected chi connectivity index (χ1v) is 7.07. The second kappa shape index (κ2) is 6.11. The van der Waals surface area contributed by atoms with Crippen LogP contribution in [-0.4, -0.2) is 23.0 Å². The molecule has 2 N–H and O–H groups in total. The van der Waals surface area contributed by atoms with Gasteiger partial charge in [-0.05, 0) is 25.7 Å². The van der Waals surface area contributed by atoms with Crippen LogP contribution in [0.3, 0.4) is 0 Å². The Labute approximate surface area is 118 Å². The van der Waals surface area contributed by atoms with Crippen LogP contribution < -0.4 is 5.32 Å². The highest BCUT2D eigenvalue weighted by molar-refractivity contribution is 5.97. The second-order valence-corrected chi connectivity index (χ2v) is 5.73. The van der Waals surface area contributed by atoms with Crippen molar-refractivity contribution in [2.24, 2.45) is 5.92 Å². The van der Waals surface area contributed by atoms with Gasteiger partial charge in [-0.1, -0.05) is 19.8 Å². The molecule has 1 saturated carbocycles. The van der Waals surface area contributed by atoms with Crippen LogP contribution in [-0.2, 0) is 11.2 Å². The third-order valence-corrected chi connectivity index (χ3v) is 3.86. The van der Waals surface area contributed by atoms with Crippen molar-refractivity contribution in [1.29, 1.82) is 0 Å². The summed E-state index contributed by atoms with van der Waals surface area (Å²) in [7, 11) is 0. The number of aliphatic carboxylic acids is 1. The molecule has 1 amide bonds. The molecule has 0 radical (unpaired) electrons. The van der Waals surface area contributed by atoms with Crippen molar-refractivity contribution >= 4 is 11.9 Å². The summed E-state index contributed by atoms with van der Waals surface area (Å²) in [6.07, 6.45) is 5.48. The van der Waals surface area contributed by atoms with Gasteiger partial charge < -0.3 is 14.8 Å². The highest BCUT2D eigenvalue weighted by Gasteiger charge is 2.25. The molecular formula is C15H21NO4. The summed E-state index contributed by atoms with van der Waals surface area (Å²) in [6.45, 7) is 3.95. The number of carbonyl (C=O) groups excluding carboxylic acids is 1. The Bertz CT molecular complexity index is 506. The van der Waals surface area contributed by atoms with E-state index in [4.69, 9.17) is 9.52 Å². The molecule has 20 heavy (non-hydrogen) atoms. The van der Waals surface area contributed by atoms with Gasteiger partial charge in [-0.3, -0.25) is 9.59 Å². The van der Waals surface area contributed by atoms with E-state index in [1.807, 2.05) is 0 Å². The molecule has 1 heterocycles. The minimum Gasteiger partial charge on any atom is -0.481 e. The Morgan fingerprint density at radius 1 is 1.45 bits per heavy atom. The first-order valence-electron chi connectivity index (χ1n) is 7.07. The lowest BCUT2D eigenvalue weighted by atomic mass is 9.87. The number of carbonyl (C=O) groups is 2. The van der Waals surface area contributed by atoms with Gasteiger partial charge in [-0.15, -0.1) is 0 Å². The number of furan rings is 1. The number of aryl methyl sites for hydroxylation is 1. The molecule has 0 bridgehead atoms. The Balaban J connectivity index is 2.08. The van der Waals surface area contributed by atoms with Gasteiger partial charge in [0.1, 0.15) is 12.2 Å². The number of rotatable bonds is 4. The highest BCUT2D eigenvalue weighted by atomic mass is 16.4. The lowest BCUT2D eigenvalue weighted by Gasteiger charge is -2.27. The third-order valence-electron chi connectivity index (χ3n) is 3.86. The number of amides is 1. The molecule has 0 aromatic carbocycles. The summed E-state index contributed by atoms with van der Waals surface area (Å²) in [4.78, 5) is 23.1. The molecule has 110 valence electrons. The number of hydrogen-bond donors (Lipinski definition) is 2. The van der Waals surface area contributed by atoms with Gasteiger partial charge in [0.2, 0.25) is 0 Å². The van der Waals surface area contributed by atoms with E-state index in [0.717, 1.165) is 19.3 Å². The predicted octanol–water partition coefficient (Wildman–Crippen LogP) is 2.52. The van der Waals surface area contributed by atoms with Gasteiger partial charge in [0.15, 0.2) is 0 Å². The Morgan fingerprint density at radius 3 is 2.85 bits per heavy atom. The van der Waals surface area contributed by atoms with Gasteiger partial charge in [-0.25, -0.2) is 0 Å². The van der Waals surface area contributed by atoms with Crippen molar-refractivity contribution in [3.05, 3.63) is 23.2 Å². The SMILES string of the molecule is Cc1coc(CC(=O)O)c1C(=O)NC1CCCC(C)C1. The van der Waals surface area contributed by atoms with E-state index in [1.165, 1.54) is 12.7 Å². The fourth-order valence-electron chi connectivity index (χ4n) is 2.89. The molecule has 2 unspecified atom stereocenters. The quantitative estimate of drug-likeness (QED) is 0.887. The van der Waals surface area contributed by atoms with Gasteiger partial charge in [0.25, 0.3) is 5.91 Å². The molecule has 1 aliphatic rings. The van der Waals surface area contributed by atoms with E-state index in [1.54, 1.807) is 6.92 Å². The minimum atomic E-state index is -1.00. The first-order chi connectivity index (χ1) is 9.47. The van der Waals surface area contributed by atoms with E-state index in [2.05, 4.69) is 12.2 Å². The first kappa shape index (κ1) is 14.6. The van der Waals surface area contributed by atoms with E-state index < -0.39 is 5.97 Å². The van der Waals surface area contributed by atoms with E-state index in [-0.39, 0.29) is 24.1 Å². The molecule has 1 aliphatic carbocycles. The Hall–Kier alpha value is -1.78. The largest absolute Gasteiger partial charge is 0.481 e. The van der Waals surface area contributed by atoms with Crippen LogP contribution in [0.5, 0.6) is 0 Å². The lowest BCUT2D eigenvalue weighted by Crippen LogP contribution is -2.38. The van der Waals surface area contributed by atoms with Crippen LogP contribution in [0.4, 0.5) is 0 Å². The van der Waals surface area contributed by atoms with Crippen LogP contribution in [0.2, 0.25) is 0 Å². The topological polar surface area (TPSA) is 79.5 Å². The molecule has 5 heteroatoms. The van der Waals surface area contributed by atoms with Crippen LogP contribution in [0, 0.1) is 12.8 Å². The average Bonchev–Trinajstić information content (AvgIpc) is 2.69. The lowest BCUT2D eigenvalue weighted by molar-refractivity contribution is -0.136. The van der Waals surface area contributed by atoms with E-state index in [9.17, 15) is 9.59 Å². The summed E-state index contributed by atoms with van der Waals surface area (Å²) in [6, 6.07) is 0.179. The number of carboxylic acid groups (broad SMARTS) is 1. The van der Waals surface area contributed by atoms with Gasteiger partial charge >= 0.3 is 5.97 Å².